The van der Waals surface area contributed by atoms with Gasteiger partial charge in [-0.15, -0.1) is 11.3 Å². The first-order chi connectivity index (χ1) is 10.1. The van der Waals surface area contributed by atoms with E-state index in [4.69, 9.17) is 0 Å². The average Bonchev–Trinajstić information content (AvgIpc) is 3.03. The SMILES string of the molecule is Cc1nc2n(n1)[C@H](c1cccs1)C1=C(C[C@H](C)CC1=O)N2. The van der Waals surface area contributed by atoms with Gasteiger partial charge in [-0.05, 0) is 30.7 Å². The summed E-state index contributed by atoms with van der Waals surface area (Å²) >= 11 is 1.66. The Kier molecular flexibility index (Phi) is 2.75. The quantitative estimate of drug-likeness (QED) is 0.879. The maximum absolute atomic E-state index is 12.6. The van der Waals surface area contributed by atoms with Crippen LogP contribution in [0.25, 0.3) is 0 Å². The van der Waals surface area contributed by atoms with E-state index < -0.39 is 0 Å². The molecular weight excluding hydrogens is 284 g/mol. The number of carbonyl (C=O) groups is 1. The van der Waals surface area contributed by atoms with Crippen molar-refractivity contribution in [2.45, 2.75) is 32.7 Å². The molecule has 0 saturated heterocycles. The highest BCUT2D eigenvalue weighted by atomic mass is 32.1. The van der Waals surface area contributed by atoms with Gasteiger partial charge in [-0.25, -0.2) is 4.68 Å². The van der Waals surface area contributed by atoms with E-state index in [0.717, 1.165) is 34.3 Å². The molecule has 3 heterocycles. The number of carbonyl (C=O) groups excluding carboxylic acids is 1. The highest BCUT2D eigenvalue weighted by Crippen LogP contribution is 2.42. The molecule has 108 valence electrons. The number of Topliss-reactive ketones (excluding diaryl/α,β-unsaturated/α-hetero) is 1. The molecule has 6 heteroatoms. The van der Waals surface area contributed by atoms with E-state index >= 15 is 0 Å². The van der Waals surface area contributed by atoms with Crippen molar-refractivity contribution in [3.8, 4) is 0 Å². The highest BCUT2D eigenvalue weighted by molar-refractivity contribution is 7.10. The molecule has 4 rings (SSSR count). The summed E-state index contributed by atoms with van der Waals surface area (Å²) in [5.74, 6) is 2.07. The molecule has 1 aliphatic carbocycles. The Labute approximate surface area is 126 Å². The molecule has 1 aliphatic heterocycles. The predicted molar refractivity (Wildman–Crippen MR) is 81.3 cm³/mol. The molecule has 1 N–H and O–H groups in total. The zero-order valence-corrected chi connectivity index (χ0v) is 12.8. The van der Waals surface area contributed by atoms with Gasteiger partial charge in [-0.1, -0.05) is 13.0 Å². The maximum Gasteiger partial charge on any atom is 0.226 e. The summed E-state index contributed by atoms with van der Waals surface area (Å²) in [7, 11) is 0. The van der Waals surface area contributed by atoms with Crippen LogP contribution in [0.1, 0.15) is 36.5 Å². The number of rotatable bonds is 1. The van der Waals surface area contributed by atoms with Gasteiger partial charge in [0, 0.05) is 22.6 Å². The molecule has 0 radical (unpaired) electrons. The number of hydrogen-bond acceptors (Lipinski definition) is 5. The second-order valence-electron chi connectivity index (χ2n) is 5.80. The summed E-state index contributed by atoms with van der Waals surface area (Å²) in [6.45, 7) is 4.00. The third-order valence-corrected chi connectivity index (χ3v) is 4.97. The number of nitrogens with zero attached hydrogens (tertiary/aromatic N) is 3. The highest BCUT2D eigenvalue weighted by Gasteiger charge is 2.38. The number of anilines is 1. The second-order valence-corrected chi connectivity index (χ2v) is 6.78. The minimum absolute atomic E-state index is 0.127. The van der Waals surface area contributed by atoms with Crippen LogP contribution < -0.4 is 5.32 Å². The van der Waals surface area contributed by atoms with Gasteiger partial charge in [-0.3, -0.25) is 4.79 Å². The fourth-order valence-corrected chi connectivity index (χ4v) is 4.04. The summed E-state index contributed by atoms with van der Waals surface area (Å²) in [6, 6.07) is 3.96. The lowest BCUT2D eigenvalue weighted by atomic mass is 9.83. The van der Waals surface area contributed by atoms with Crippen molar-refractivity contribution in [3.63, 3.8) is 0 Å². The third kappa shape index (κ3) is 1.93. The average molecular weight is 300 g/mol. The molecule has 2 aromatic heterocycles. The standard InChI is InChI=1S/C15H16N4OS/c1-8-6-10-13(11(20)7-8)14(12-4-3-5-21-12)19-15(17-10)16-9(2)18-19/h3-5,8,14H,6-7H2,1-2H3,(H,16,17,18)/t8-,14+/m0/s1. The lowest BCUT2D eigenvalue weighted by Gasteiger charge is -2.33. The maximum atomic E-state index is 12.6. The van der Waals surface area contributed by atoms with Gasteiger partial charge in [-0.2, -0.15) is 10.1 Å². The van der Waals surface area contributed by atoms with E-state index in [9.17, 15) is 4.79 Å². The van der Waals surface area contributed by atoms with Crippen LogP contribution in [0, 0.1) is 12.8 Å². The lowest BCUT2D eigenvalue weighted by molar-refractivity contribution is -0.117. The Hall–Kier alpha value is -1.95. The van der Waals surface area contributed by atoms with Crippen molar-refractivity contribution in [1.82, 2.24) is 14.8 Å². The molecule has 21 heavy (non-hydrogen) atoms. The van der Waals surface area contributed by atoms with Gasteiger partial charge in [0.05, 0.1) is 0 Å². The summed E-state index contributed by atoms with van der Waals surface area (Å²) in [4.78, 5) is 18.2. The molecular formula is C15H16N4OS. The van der Waals surface area contributed by atoms with Crippen LogP contribution in [0.4, 0.5) is 5.95 Å². The van der Waals surface area contributed by atoms with Gasteiger partial charge in [0.25, 0.3) is 0 Å². The number of fused-ring (bicyclic) bond motifs is 1. The molecule has 0 aromatic carbocycles. The molecule has 2 atom stereocenters. The zero-order valence-electron chi connectivity index (χ0n) is 12.0. The van der Waals surface area contributed by atoms with Crippen LogP contribution in [-0.2, 0) is 4.79 Å². The second kappa shape index (κ2) is 4.53. The fraction of sp³-hybridized carbons (Fsp3) is 0.400. The van der Waals surface area contributed by atoms with Crippen molar-refractivity contribution in [3.05, 3.63) is 39.5 Å². The number of aromatic nitrogens is 3. The van der Waals surface area contributed by atoms with Crippen molar-refractivity contribution in [2.24, 2.45) is 5.92 Å². The van der Waals surface area contributed by atoms with Gasteiger partial charge < -0.3 is 5.32 Å². The number of ketones is 1. The van der Waals surface area contributed by atoms with Crippen molar-refractivity contribution < 1.29 is 4.79 Å². The van der Waals surface area contributed by atoms with Crippen molar-refractivity contribution >= 4 is 23.1 Å². The predicted octanol–water partition coefficient (Wildman–Crippen LogP) is 2.92. The topological polar surface area (TPSA) is 59.8 Å². The summed E-state index contributed by atoms with van der Waals surface area (Å²) in [5.41, 5.74) is 1.89. The first kappa shape index (κ1) is 12.8. The summed E-state index contributed by atoms with van der Waals surface area (Å²) in [6.07, 6.45) is 1.51. The lowest BCUT2D eigenvalue weighted by Crippen LogP contribution is -2.33. The fourth-order valence-electron chi connectivity index (χ4n) is 3.22. The summed E-state index contributed by atoms with van der Waals surface area (Å²) in [5, 5.41) is 9.86. The van der Waals surface area contributed by atoms with Crippen molar-refractivity contribution in [1.29, 1.82) is 0 Å². The number of hydrogen-bond donors (Lipinski definition) is 1. The zero-order chi connectivity index (χ0) is 14.6. The molecule has 0 spiro atoms. The van der Waals surface area contributed by atoms with Crippen LogP contribution in [-0.4, -0.2) is 20.5 Å². The van der Waals surface area contributed by atoms with Gasteiger partial charge in [0.2, 0.25) is 5.95 Å². The van der Waals surface area contributed by atoms with E-state index in [0.29, 0.717) is 12.3 Å². The normalized spacial score (nSPS) is 24.6. The Morgan fingerprint density at radius 3 is 3.05 bits per heavy atom. The van der Waals surface area contributed by atoms with Crippen LogP contribution in [0.15, 0.2) is 28.8 Å². The van der Waals surface area contributed by atoms with E-state index in [1.807, 2.05) is 23.1 Å². The van der Waals surface area contributed by atoms with Crippen LogP contribution in [0.3, 0.4) is 0 Å². The molecule has 0 saturated carbocycles. The molecule has 2 aromatic rings. The van der Waals surface area contributed by atoms with Crippen LogP contribution in [0.5, 0.6) is 0 Å². The smallest absolute Gasteiger partial charge is 0.226 e. The summed E-state index contributed by atoms with van der Waals surface area (Å²) < 4.78 is 1.86. The number of allylic oxidation sites excluding steroid dienone is 2. The Balaban J connectivity index is 1.92. The van der Waals surface area contributed by atoms with Crippen molar-refractivity contribution in [2.75, 3.05) is 5.32 Å². The molecule has 0 fully saturated rings. The Morgan fingerprint density at radius 2 is 2.29 bits per heavy atom. The minimum atomic E-state index is -0.127. The first-order valence-corrected chi connectivity index (χ1v) is 8.01. The van der Waals surface area contributed by atoms with E-state index in [1.54, 1.807) is 11.3 Å². The molecule has 0 unspecified atom stereocenters. The van der Waals surface area contributed by atoms with Crippen LogP contribution in [0.2, 0.25) is 0 Å². The largest absolute Gasteiger partial charge is 0.328 e. The van der Waals surface area contributed by atoms with Gasteiger partial charge in [0.15, 0.2) is 5.78 Å². The number of aryl methyl sites for hydroxylation is 1. The molecule has 5 nitrogen and oxygen atoms in total. The van der Waals surface area contributed by atoms with E-state index in [2.05, 4.69) is 28.4 Å². The van der Waals surface area contributed by atoms with E-state index in [-0.39, 0.29) is 11.8 Å². The van der Waals surface area contributed by atoms with E-state index in [1.165, 1.54) is 0 Å². The monoisotopic (exact) mass is 300 g/mol. The first-order valence-electron chi connectivity index (χ1n) is 7.13. The Bertz CT molecular complexity index is 744. The number of nitrogens with one attached hydrogen (secondary N) is 1. The minimum Gasteiger partial charge on any atom is -0.328 e. The Morgan fingerprint density at radius 1 is 1.43 bits per heavy atom. The molecule has 2 aliphatic rings. The number of thiophene rings is 1. The molecule has 0 bridgehead atoms. The van der Waals surface area contributed by atoms with Gasteiger partial charge >= 0.3 is 0 Å². The third-order valence-electron chi connectivity index (χ3n) is 4.04. The van der Waals surface area contributed by atoms with Crippen LogP contribution >= 0.6 is 11.3 Å². The van der Waals surface area contributed by atoms with Gasteiger partial charge in [0.1, 0.15) is 11.9 Å². The molecule has 0 amide bonds.